The van der Waals surface area contributed by atoms with E-state index in [4.69, 9.17) is 4.74 Å². The molecule has 0 aromatic heterocycles. The van der Waals surface area contributed by atoms with Crippen molar-refractivity contribution in [2.45, 2.75) is 75.3 Å². The third-order valence-corrected chi connectivity index (χ3v) is 10.1. The molecule has 0 bridgehead atoms. The summed E-state index contributed by atoms with van der Waals surface area (Å²) >= 11 is 0. The third kappa shape index (κ3) is 4.10. The van der Waals surface area contributed by atoms with Crippen molar-refractivity contribution in [1.29, 1.82) is 0 Å². The van der Waals surface area contributed by atoms with Gasteiger partial charge >= 0.3 is 0 Å². The zero-order valence-electron chi connectivity index (χ0n) is 20.0. The molecule has 1 heterocycles. The summed E-state index contributed by atoms with van der Waals surface area (Å²) in [6, 6.07) is 10.7. The Labute approximate surface area is 200 Å². The molecule has 0 spiro atoms. The first-order valence-corrected chi connectivity index (χ1v) is 13.0. The SMILES string of the molecule is COC1(C)CC(C(C)=O)(c2cc(F)c(CN3[C@@H](C)CC[C@H](c4ccccc4)S3(=O)=O)cc2F)C1. The molecule has 0 N–H and O–H groups in total. The Bertz CT molecular complexity index is 1190. The quantitative estimate of drug-likeness (QED) is 0.568. The molecule has 8 heteroatoms. The van der Waals surface area contributed by atoms with Crippen LogP contribution in [0.1, 0.15) is 68.4 Å². The summed E-state index contributed by atoms with van der Waals surface area (Å²) in [5.74, 6) is -1.66. The second kappa shape index (κ2) is 8.81. The molecule has 1 aliphatic heterocycles. The molecule has 0 radical (unpaired) electrons. The second-order valence-electron chi connectivity index (χ2n) is 9.99. The highest BCUT2D eigenvalue weighted by atomic mass is 32.2. The lowest BCUT2D eigenvalue weighted by Crippen LogP contribution is -2.58. The molecule has 34 heavy (non-hydrogen) atoms. The van der Waals surface area contributed by atoms with Crippen molar-refractivity contribution in [2.75, 3.05) is 7.11 Å². The molecule has 2 fully saturated rings. The van der Waals surface area contributed by atoms with E-state index >= 15 is 8.78 Å². The van der Waals surface area contributed by atoms with Crippen LogP contribution in [0.2, 0.25) is 0 Å². The van der Waals surface area contributed by atoms with Gasteiger partial charge in [0.05, 0.1) is 11.0 Å². The Morgan fingerprint density at radius 1 is 1.12 bits per heavy atom. The largest absolute Gasteiger partial charge is 0.378 e. The van der Waals surface area contributed by atoms with Gasteiger partial charge in [-0.2, -0.15) is 4.31 Å². The molecule has 0 amide bonds. The van der Waals surface area contributed by atoms with Crippen LogP contribution in [0.5, 0.6) is 0 Å². The minimum atomic E-state index is -3.79. The van der Waals surface area contributed by atoms with Crippen molar-refractivity contribution >= 4 is 15.8 Å². The molecule has 184 valence electrons. The molecule has 2 aromatic rings. The maximum absolute atomic E-state index is 15.3. The van der Waals surface area contributed by atoms with Gasteiger partial charge in [0.25, 0.3) is 0 Å². The number of carbonyl (C=O) groups is 1. The van der Waals surface area contributed by atoms with Crippen LogP contribution < -0.4 is 0 Å². The molecule has 5 nitrogen and oxygen atoms in total. The zero-order valence-corrected chi connectivity index (χ0v) is 20.8. The summed E-state index contributed by atoms with van der Waals surface area (Å²) in [6.07, 6.45) is 1.61. The number of carbonyl (C=O) groups excluding carboxylic acids is 1. The number of benzene rings is 2. The number of sulfonamides is 1. The molecule has 2 aliphatic rings. The van der Waals surface area contributed by atoms with E-state index in [9.17, 15) is 13.2 Å². The van der Waals surface area contributed by atoms with Crippen molar-refractivity contribution in [1.82, 2.24) is 4.31 Å². The Hall–Kier alpha value is -2.16. The van der Waals surface area contributed by atoms with Gasteiger partial charge in [-0.1, -0.05) is 30.3 Å². The monoisotopic (exact) mass is 491 g/mol. The highest BCUT2D eigenvalue weighted by Crippen LogP contribution is 2.53. The van der Waals surface area contributed by atoms with Crippen LogP contribution in [0.3, 0.4) is 0 Å². The van der Waals surface area contributed by atoms with Gasteiger partial charge in [-0.15, -0.1) is 0 Å². The summed E-state index contributed by atoms with van der Waals surface area (Å²) in [5, 5.41) is -0.722. The van der Waals surface area contributed by atoms with Gasteiger partial charge in [0.15, 0.2) is 0 Å². The van der Waals surface area contributed by atoms with E-state index in [1.807, 2.05) is 13.0 Å². The van der Waals surface area contributed by atoms with Crippen molar-refractivity contribution in [2.24, 2.45) is 0 Å². The maximum Gasteiger partial charge on any atom is 0.221 e. The number of ether oxygens (including phenoxy) is 1. The van der Waals surface area contributed by atoms with Crippen molar-refractivity contribution in [3.8, 4) is 0 Å². The van der Waals surface area contributed by atoms with Crippen LogP contribution in [0.25, 0.3) is 0 Å². The van der Waals surface area contributed by atoms with E-state index < -0.39 is 37.9 Å². The van der Waals surface area contributed by atoms with Crippen LogP contribution in [0.15, 0.2) is 42.5 Å². The lowest BCUT2D eigenvalue weighted by molar-refractivity contribution is -0.146. The molecular formula is C26H31F2NO4S. The lowest BCUT2D eigenvalue weighted by atomic mass is 9.54. The fourth-order valence-electron chi connectivity index (χ4n) is 5.59. The Kier molecular flexibility index (Phi) is 6.46. The van der Waals surface area contributed by atoms with Crippen molar-refractivity contribution in [3.63, 3.8) is 0 Å². The van der Waals surface area contributed by atoms with E-state index in [0.717, 1.165) is 12.1 Å². The van der Waals surface area contributed by atoms with E-state index in [-0.39, 0.29) is 42.3 Å². The molecule has 2 aromatic carbocycles. The fourth-order valence-corrected chi connectivity index (χ4v) is 7.78. The summed E-state index contributed by atoms with van der Waals surface area (Å²) in [4.78, 5) is 12.5. The fraction of sp³-hybridized carbons (Fsp3) is 0.500. The number of ketones is 1. The summed E-state index contributed by atoms with van der Waals surface area (Å²) in [6.45, 7) is 4.74. The van der Waals surface area contributed by atoms with Gasteiger partial charge in [-0.05, 0) is 64.2 Å². The van der Waals surface area contributed by atoms with Crippen molar-refractivity contribution in [3.05, 3.63) is 70.8 Å². The minimum absolute atomic E-state index is 0.00693. The van der Waals surface area contributed by atoms with Crippen LogP contribution in [0, 0.1) is 11.6 Å². The topological polar surface area (TPSA) is 63.7 Å². The number of hydrogen-bond acceptors (Lipinski definition) is 4. The van der Waals surface area contributed by atoms with Gasteiger partial charge in [0, 0.05) is 30.8 Å². The molecular weight excluding hydrogens is 460 g/mol. The van der Waals surface area contributed by atoms with Gasteiger partial charge in [-0.3, -0.25) is 4.79 Å². The van der Waals surface area contributed by atoms with Gasteiger partial charge in [0.2, 0.25) is 10.0 Å². The number of halogens is 2. The average molecular weight is 492 g/mol. The predicted molar refractivity (Wildman–Crippen MR) is 126 cm³/mol. The number of methoxy groups -OCH3 is 1. The zero-order chi connectivity index (χ0) is 24.9. The number of nitrogens with zero attached hydrogens (tertiary/aromatic N) is 1. The summed E-state index contributed by atoms with van der Waals surface area (Å²) < 4.78 is 64.2. The molecule has 1 saturated heterocycles. The first kappa shape index (κ1) is 24.9. The second-order valence-corrected chi connectivity index (χ2v) is 12.1. The molecule has 1 aliphatic carbocycles. The van der Waals surface area contributed by atoms with E-state index in [1.165, 1.54) is 18.3 Å². The first-order chi connectivity index (χ1) is 15.9. The van der Waals surface area contributed by atoms with Crippen LogP contribution >= 0.6 is 0 Å². The Morgan fingerprint density at radius 2 is 1.76 bits per heavy atom. The minimum Gasteiger partial charge on any atom is -0.378 e. The van der Waals surface area contributed by atoms with Gasteiger partial charge < -0.3 is 4.74 Å². The van der Waals surface area contributed by atoms with Crippen LogP contribution in [-0.2, 0) is 31.5 Å². The standard InChI is InChI=1S/C26H31F2NO4S/c1-17-10-11-24(19-8-6-5-7-9-19)34(31,32)29(17)14-20-12-23(28)21(13-22(20)27)26(18(2)30)15-25(3,16-26)33-4/h5-9,12-13,17,24H,10-11,14-16H2,1-4H3/t17-,24+,25?,26?/m0/s1. The third-order valence-electron chi connectivity index (χ3n) is 7.69. The lowest BCUT2D eigenvalue weighted by Gasteiger charge is -2.52. The summed E-state index contributed by atoms with van der Waals surface area (Å²) in [5.41, 5.74) is -1.06. The average Bonchev–Trinajstić information content (AvgIpc) is 2.76. The summed E-state index contributed by atoms with van der Waals surface area (Å²) in [7, 11) is -2.25. The Morgan fingerprint density at radius 3 is 2.35 bits per heavy atom. The predicted octanol–water partition coefficient (Wildman–Crippen LogP) is 5.05. The molecule has 4 rings (SSSR count). The number of rotatable bonds is 6. The highest BCUT2D eigenvalue weighted by Gasteiger charge is 2.57. The number of Topliss-reactive ketones (excluding diaryl/α,β-unsaturated/α-hetero) is 1. The first-order valence-electron chi connectivity index (χ1n) is 11.5. The van der Waals surface area contributed by atoms with Crippen molar-refractivity contribution < 1.29 is 26.7 Å². The van der Waals surface area contributed by atoms with E-state index in [0.29, 0.717) is 18.4 Å². The number of hydrogen-bond donors (Lipinski definition) is 0. The smallest absolute Gasteiger partial charge is 0.221 e. The normalized spacial score (nSPS) is 31.1. The Balaban J connectivity index is 1.66. The molecule has 2 atom stereocenters. The van der Waals surface area contributed by atoms with Gasteiger partial charge in [-0.25, -0.2) is 17.2 Å². The van der Waals surface area contributed by atoms with Crippen LogP contribution in [-0.4, -0.2) is 37.3 Å². The van der Waals surface area contributed by atoms with Crippen LogP contribution in [0.4, 0.5) is 8.78 Å². The van der Waals surface area contributed by atoms with E-state index in [2.05, 4.69) is 0 Å². The maximum atomic E-state index is 15.3. The molecule has 1 saturated carbocycles. The van der Waals surface area contributed by atoms with E-state index in [1.54, 1.807) is 31.2 Å². The highest BCUT2D eigenvalue weighted by molar-refractivity contribution is 7.89. The molecule has 0 unspecified atom stereocenters. The van der Waals surface area contributed by atoms with Gasteiger partial charge in [0.1, 0.15) is 22.7 Å².